The lowest BCUT2D eigenvalue weighted by Gasteiger charge is -2.38. The molecule has 2 fully saturated rings. The third kappa shape index (κ3) is 7.08. The normalized spacial score (nSPS) is 25.2. The minimum absolute atomic E-state index is 0.150. The van der Waals surface area contributed by atoms with Crippen LogP contribution in [0.4, 0.5) is 26.3 Å². The van der Waals surface area contributed by atoms with Crippen LogP contribution in [0.15, 0.2) is 55.1 Å². The van der Waals surface area contributed by atoms with Gasteiger partial charge in [0.2, 0.25) is 0 Å². The zero-order valence-electron chi connectivity index (χ0n) is 21.0. The minimum Gasteiger partial charge on any atom is -0.206 e. The van der Waals surface area contributed by atoms with Crippen LogP contribution in [0.5, 0.6) is 0 Å². The summed E-state index contributed by atoms with van der Waals surface area (Å²) < 4.78 is 79.7. The van der Waals surface area contributed by atoms with E-state index in [2.05, 4.69) is 6.58 Å². The number of allylic oxidation sites excluding steroid dienone is 2. The van der Waals surface area contributed by atoms with Gasteiger partial charge in [0.05, 0.1) is 11.6 Å². The van der Waals surface area contributed by atoms with Crippen molar-refractivity contribution in [3.05, 3.63) is 77.9 Å². The number of rotatable bonds is 7. The highest BCUT2D eigenvalue weighted by atomic mass is 19.4. The average molecular weight is 521 g/mol. The Morgan fingerprint density at radius 1 is 0.811 bits per heavy atom. The minimum atomic E-state index is -5.01. The summed E-state index contributed by atoms with van der Waals surface area (Å²) in [6, 6.07) is 9.19. The largest absolute Gasteiger partial charge is 0.412 e. The smallest absolute Gasteiger partial charge is 0.206 e. The van der Waals surface area contributed by atoms with Crippen LogP contribution in [-0.4, -0.2) is 6.18 Å². The summed E-state index contributed by atoms with van der Waals surface area (Å²) in [5, 5.41) is 0. The molecule has 2 aliphatic rings. The van der Waals surface area contributed by atoms with Gasteiger partial charge in [-0.3, -0.25) is 0 Å². The second kappa shape index (κ2) is 11.9. The molecule has 6 heteroatoms. The molecule has 0 saturated heterocycles. The summed E-state index contributed by atoms with van der Waals surface area (Å²) in [4.78, 5) is 0. The van der Waals surface area contributed by atoms with Crippen molar-refractivity contribution in [3.8, 4) is 11.1 Å². The molecule has 0 nitrogen and oxygen atoms in total. The van der Waals surface area contributed by atoms with Gasteiger partial charge in [-0.25, -0.2) is 13.2 Å². The molecule has 0 radical (unpaired) electrons. The lowest BCUT2D eigenvalue weighted by Crippen LogP contribution is -2.25. The van der Waals surface area contributed by atoms with Crippen LogP contribution in [0, 0.1) is 29.4 Å². The molecule has 37 heavy (non-hydrogen) atoms. The van der Waals surface area contributed by atoms with Gasteiger partial charge in [0.1, 0.15) is 17.5 Å². The van der Waals surface area contributed by atoms with Gasteiger partial charge >= 0.3 is 6.18 Å². The third-order valence-corrected chi connectivity index (χ3v) is 8.40. The van der Waals surface area contributed by atoms with Crippen molar-refractivity contribution in [1.29, 1.82) is 0 Å². The Morgan fingerprint density at radius 3 is 1.86 bits per heavy atom. The fourth-order valence-corrected chi connectivity index (χ4v) is 6.36. The molecule has 200 valence electrons. The predicted molar refractivity (Wildman–Crippen MR) is 137 cm³/mol. The van der Waals surface area contributed by atoms with Crippen molar-refractivity contribution < 1.29 is 26.3 Å². The van der Waals surface area contributed by atoms with E-state index < -0.39 is 35.3 Å². The summed E-state index contributed by atoms with van der Waals surface area (Å²) >= 11 is 0. The molecular weight excluding hydrogens is 486 g/mol. The van der Waals surface area contributed by atoms with Crippen LogP contribution in [0.1, 0.15) is 81.3 Å². The highest BCUT2D eigenvalue weighted by Gasteiger charge is 2.31. The van der Waals surface area contributed by atoms with Crippen LogP contribution in [0.25, 0.3) is 17.0 Å². The Bertz CT molecular complexity index is 1060. The first kappa shape index (κ1) is 27.5. The number of hydrogen-bond acceptors (Lipinski definition) is 0. The Labute approximate surface area is 215 Å². The van der Waals surface area contributed by atoms with E-state index in [1.165, 1.54) is 50.5 Å². The maximum absolute atomic E-state index is 14.4. The van der Waals surface area contributed by atoms with Crippen LogP contribution in [0.3, 0.4) is 0 Å². The summed E-state index contributed by atoms with van der Waals surface area (Å²) in [5.74, 6) is -1.78. The molecule has 0 aromatic heterocycles. The highest BCUT2D eigenvalue weighted by Crippen LogP contribution is 2.44. The van der Waals surface area contributed by atoms with Gasteiger partial charge in [0.25, 0.3) is 0 Å². The van der Waals surface area contributed by atoms with Crippen LogP contribution in [-0.2, 0) is 0 Å². The second-order valence-corrected chi connectivity index (χ2v) is 10.7. The fraction of sp³-hybridized carbons (Fsp3) is 0.484. The average Bonchev–Trinajstić information content (AvgIpc) is 2.86. The molecule has 0 unspecified atom stereocenters. The number of alkyl halides is 3. The Kier molecular flexibility index (Phi) is 8.86. The first-order valence-electron chi connectivity index (χ1n) is 13.3. The highest BCUT2D eigenvalue weighted by molar-refractivity contribution is 5.69. The molecule has 2 saturated carbocycles. The monoisotopic (exact) mass is 520 g/mol. The van der Waals surface area contributed by atoms with Crippen molar-refractivity contribution >= 4 is 5.83 Å². The van der Waals surface area contributed by atoms with Crippen molar-refractivity contribution in [3.63, 3.8) is 0 Å². The summed E-state index contributed by atoms with van der Waals surface area (Å²) in [5.41, 5.74) is 0.555. The van der Waals surface area contributed by atoms with E-state index in [-0.39, 0.29) is 5.56 Å². The number of halogens is 6. The van der Waals surface area contributed by atoms with E-state index in [1.807, 2.05) is 18.2 Å². The predicted octanol–water partition coefficient (Wildman–Crippen LogP) is 10.6. The third-order valence-electron chi connectivity index (χ3n) is 8.40. The van der Waals surface area contributed by atoms with Crippen molar-refractivity contribution in [2.45, 2.75) is 76.3 Å². The lowest BCUT2D eigenvalue weighted by atomic mass is 9.68. The van der Waals surface area contributed by atoms with Crippen molar-refractivity contribution in [1.82, 2.24) is 0 Å². The van der Waals surface area contributed by atoms with Gasteiger partial charge in [-0.15, -0.1) is 6.58 Å². The summed E-state index contributed by atoms with van der Waals surface area (Å²) in [7, 11) is 0. The van der Waals surface area contributed by atoms with E-state index in [0.29, 0.717) is 11.5 Å². The first-order valence-corrected chi connectivity index (χ1v) is 13.3. The van der Waals surface area contributed by atoms with E-state index in [0.717, 1.165) is 49.1 Å². The quantitative estimate of drug-likeness (QED) is 0.252. The summed E-state index contributed by atoms with van der Waals surface area (Å²) in [6.45, 7) is 3.84. The topological polar surface area (TPSA) is 0 Å². The van der Waals surface area contributed by atoms with Crippen molar-refractivity contribution in [2.75, 3.05) is 0 Å². The Balaban J connectivity index is 1.36. The molecule has 2 aromatic carbocycles. The standard InChI is InChI=1S/C31H34F6/c1-2-3-4-20-5-7-21(8-6-20)22-9-11-23(12-10-22)24-13-15-25(16-14-24)26-17-27(32)30(28(33)18-26)29(34)19-31(35,36)37/h2,13-23H,1,3-12H2. The van der Waals surface area contributed by atoms with Crippen LogP contribution >= 0.6 is 0 Å². The molecule has 0 spiro atoms. The zero-order chi connectivity index (χ0) is 26.6. The maximum atomic E-state index is 14.4. The lowest BCUT2D eigenvalue weighted by molar-refractivity contribution is -0.0798. The van der Waals surface area contributed by atoms with Gasteiger partial charge < -0.3 is 0 Å². The molecule has 0 aliphatic heterocycles. The summed E-state index contributed by atoms with van der Waals surface area (Å²) in [6.07, 6.45) is 8.73. The van der Waals surface area contributed by atoms with E-state index >= 15 is 0 Å². The van der Waals surface area contributed by atoms with Crippen molar-refractivity contribution in [2.24, 2.45) is 17.8 Å². The SMILES string of the molecule is C=CCCC1CCC(C2CCC(c3ccc(-c4cc(F)c(C(F)=CC(F)(F)F)c(F)c4)cc3)CC2)CC1. The van der Waals surface area contributed by atoms with Crippen LogP contribution in [0.2, 0.25) is 0 Å². The fourth-order valence-electron chi connectivity index (χ4n) is 6.36. The Hall–Kier alpha value is -2.50. The first-order chi connectivity index (χ1) is 17.6. The number of hydrogen-bond donors (Lipinski definition) is 0. The van der Waals surface area contributed by atoms with Crippen LogP contribution < -0.4 is 0 Å². The number of benzene rings is 2. The van der Waals surface area contributed by atoms with Gasteiger partial charge in [-0.2, -0.15) is 13.2 Å². The molecule has 0 bridgehead atoms. The molecule has 4 rings (SSSR count). The zero-order valence-corrected chi connectivity index (χ0v) is 21.0. The molecule has 0 N–H and O–H groups in total. The van der Waals surface area contributed by atoms with E-state index in [9.17, 15) is 26.3 Å². The van der Waals surface area contributed by atoms with E-state index in [1.54, 1.807) is 12.1 Å². The molecule has 2 aromatic rings. The van der Waals surface area contributed by atoms with E-state index in [4.69, 9.17) is 0 Å². The second-order valence-electron chi connectivity index (χ2n) is 10.7. The Morgan fingerprint density at radius 2 is 1.35 bits per heavy atom. The molecule has 0 atom stereocenters. The molecular formula is C31H34F6. The van der Waals surface area contributed by atoms with Gasteiger partial charge in [-0.05, 0) is 104 Å². The van der Waals surface area contributed by atoms with Gasteiger partial charge in [0.15, 0.2) is 0 Å². The molecule has 2 aliphatic carbocycles. The van der Waals surface area contributed by atoms with Gasteiger partial charge in [0, 0.05) is 0 Å². The maximum Gasteiger partial charge on any atom is 0.412 e. The molecule has 0 amide bonds. The molecule has 0 heterocycles. The van der Waals surface area contributed by atoms with Gasteiger partial charge in [-0.1, -0.05) is 43.2 Å².